The zero-order valence-electron chi connectivity index (χ0n) is 14.8. The van der Waals surface area contributed by atoms with Gasteiger partial charge in [-0.15, -0.1) is 0 Å². The van der Waals surface area contributed by atoms with E-state index in [1.54, 1.807) is 24.3 Å². The van der Waals surface area contributed by atoms with Gasteiger partial charge >= 0.3 is 0 Å². The first-order chi connectivity index (χ1) is 13.4. The van der Waals surface area contributed by atoms with Gasteiger partial charge in [-0.1, -0.05) is 41.6 Å². The Labute approximate surface area is 160 Å². The average molecular weight is 405 g/mol. The van der Waals surface area contributed by atoms with Crippen LogP contribution in [0.4, 0.5) is 8.78 Å². The first-order valence-corrected chi connectivity index (χ1v) is 10.2. The lowest BCUT2D eigenvalue weighted by atomic mass is 9.96. The molecule has 1 aliphatic rings. The van der Waals surface area contributed by atoms with Crippen molar-refractivity contribution in [3.63, 3.8) is 0 Å². The number of hydrogen-bond acceptors (Lipinski definition) is 5. The SMILES string of the molecule is O=S(=O)(c1cccc(F)c1)N1CCCC(F)(c2nc(-c3ccccc3)no2)C1. The molecule has 1 aromatic heterocycles. The normalized spacial score (nSPS) is 20.9. The summed E-state index contributed by atoms with van der Waals surface area (Å²) in [6.45, 7) is -0.341. The minimum atomic E-state index is -4.05. The molecule has 0 aliphatic carbocycles. The van der Waals surface area contributed by atoms with E-state index in [1.165, 1.54) is 12.1 Å². The molecule has 2 aromatic carbocycles. The van der Waals surface area contributed by atoms with Gasteiger partial charge in [-0.05, 0) is 31.0 Å². The Balaban J connectivity index is 1.62. The molecule has 1 atom stereocenters. The van der Waals surface area contributed by atoms with E-state index in [1.807, 2.05) is 6.07 Å². The highest BCUT2D eigenvalue weighted by atomic mass is 32.2. The maximum absolute atomic E-state index is 15.6. The van der Waals surface area contributed by atoms with E-state index in [2.05, 4.69) is 10.1 Å². The highest BCUT2D eigenvalue weighted by Crippen LogP contribution is 2.37. The minimum absolute atomic E-state index is 0.0542. The molecular formula is C19H17F2N3O3S. The lowest BCUT2D eigenvalue weighted by Crippen LogP contribution is -2.46. The fourth-order valence-electron chi connectivity index (χ4n) is 3.24. The largest absolute Gasteiger partial charge is 0.335 e. The molecule has 6 nitrogen and oxygen atoms in total. The van der Waals surface area contributed by atoms with Gasteiger partial charge in [-0.2, -0.15) is 9.29 Å². The van der Waals surface area contributed by atoms with E-state index in [0.29, 0.717) is 5.56 Å². The Hall–Kier alpha value is -2.65. The molecule has 0 saturated carbocycles. The fourth-order valence-corrected chi connectivity index (χ4v) is 4.79. The van der Waals surface area contributed by atoms with Crippen LogP contribution in [-0.4, -0.2) is 36.0 Å². The zero-order chi connectivity index (χ0) is 19.8. The number of nitrogens with zero attached hydrogens (tertiary/aromatic N) is 3. The predicted octanol–water partition coefficient (Wildman–Crippen LogP) is 3.53. The van der Waals surface area contributed by atoms with Crippen LogP contribution in [-0.2, 0) is 15.7 Å². The Bertz CT molecular complexity index is 1090. The third-order valence-corrected chi connectivity index (χ3v) is 6.52. The van der Waals surface area contributed by atoms with Crippen LogP contribution in [0.3, 0.4) is 0 Å². The zero-order valence-corrected chi connectivity index (χ0v) is 15.6. The molecule has 9 heteroatoms. The topological polar surface area (TPSA) is 76.3 Å². The summed E-state index contributed by atoms with van der Waals surface area (Å²) >= 11 is 0. The van der Waals surface area contributed by atoms with Crippen molar-refractivity contribution >= 4 is 10.0 Å². The summed E-state index contributed by atoms with van der Waals surface area (Å²) in [6.07, 6.45) is 0.326. The molecule has 146 valence electrons. The quantitative estimate of drug-likeness (QED) is 0.664. The number of alkyl halides is 1. The van der Waals surface area contributed by atoms with E-state index < -0.39 is 28.1 Å². The number of hydrogen-bond donors (Lipinski definition) is 0. The standard InChI is InChI=1S/C19H17F2N3O3S/c20-15-8-4-9-16(12-15)28(25,26)24-11-5-10-19(21,13-24)18-22-17(23-27-18)14-6-2-1-3-7-14/h1-4,6-9,12H,5,10-11,13H2. The predicted molar refractivity (Wildman–Crippen MR) is 96.9 cm³/mol. The van der Waals surface area contributed by atoms with E-state index in [9.17, 15) is 12.8 Å². The van der Waals surface area contributed by atoms with E-state index in [4.69, 9.17) is 4.52 Å². The first-order valence-electron chi connectivity index (χ1n) is 8.73. The van der Waals surface area contributed by atoms with Gasteiger partial charge in [0.05, 0.1) is 11.4 Å². The van der Waals surface area contributed by atoms with Crippen molar-refractivity contribution in [1.82, 2.24) is 14.4 Å². The first kappa shape index (κ1) is 18.7. The number of benzene rings is 2. The number of halogens is 2. The average Bonchev–Trinajstić information content (AvgIpc) is 3.20. The Morgan fingerprint density at radius 2 is 1.89 bits per heavy atom. The summed E-state index contributed by atoms with van der Waals surface area (Å²) in [5, 5.41) is 3.82. The number of aromatic nitrogens is 2. The van der Waals surface area contributed by atoms with E-state index in [0.717, 1.165) is 16.4 Å². The monoisotopic (exact) mass is 405 g/mol. The molecule has 2 heterocycles. The summed E-state index contributed by atoms with van der Waals surface area (Å²) in [4.78, 5) is 3.93. The summed E-state index contributed by atoms with van der Waals surface area (Å²) in [6, 6.07) is 13.6. The smallest absolute Gasteiger partial charge is 0.266 e. The lowest BCUT2D eigenvalue weighted by molar-refractivity contribution is 0.0470. The Morgan fingerprint density at radius 3 is 2.64 bits per heavy atom. The second-order valence-corrected chi connectivity index (χ2v) is 8.59. The fraction of sp³-hybridized carbons (Fsp3) is 0.263. The highest BCUT2D eigenvalue weighted by molar-refractivity contribution is 7.89. The van der Waals surface area contributed by atoms with Crippen molar-refractivity contribution in [1.29, 1.82) is 0 Å². The van der Waals surface area contributed by atoms with Gasteiger partial charge in [-0.25, -0.2) is 17.2 Å². The molecule has 0 N–H and O–H groups in total. The molecule has 0 spiro atoms. The van der Waals surface area contributed by atoms with Crippen molar-refractivity contribution in [2.45, 2.75) is 23.4 Å². The minimum Gasteiger partial charge on any atom is -0.335 e. The van der Waals surface area contributed by atoms with Crippen LogP contribution in [0.15, 0.2) is 64.0 Å². The molecule has 1 unspecified atom stereocenters. The summed E-state index contributed by atoms with van der Waals surface area (Å²) in [7, 11) is -4.05. The number of piperidine rings is 1. The second kappa shape index (κ2) is 7.06. The molecule has 28 heavy (non-hydrogen) atoms. The number of sulfonamides is 1. The van der Waals surface area contributed by atoms with Crippen molar-refractivity contribution in [3.05, 3.63) is 66.3 Å². The summed E-state index contributed by atoms with van der Waals surface area (Å²) in [5.74, 6) is -0.697. The van der Waals surface area contributed by atoms with Crippen LogP contribution in [0.25, 0.3) is 11.4 Å². The van der Waals surface area contributed by atoms with Gasteiger partial charge in [0.25, 0.3) is 5.89 Å². The highest BCUT2D eigenvalue weighted by Gasteiger charge is 2.46. The van der Waals surface area contributed by atoms with Gasteiger partial charge in [-0.3, -0.25) is 0 Å². The van der Waals surface area contributed by atoms with Crippen LogP contribution in [0.5, 0.6) is 0 Å². The van der Waals surface area contributed by atoms with Crippen molar-refractivity contribution in [2.75, 3.05) is 13.1 Å². The van der Waals surface area contributed by atoms with Gasteiger partial charge in [0.1, 0.15) is 5.82 Å². The van der Waals surface area contributed by atoms with Crippen LogP contribution in [0, 0.1) is 5.82 Å². The van der Waals surface area contributed by atoms with Crippen molar-refractivity contribution in [3.8, 4) is 11.4 Å². The van der Waals surface area contributed by atoms with E-state index in [-0.39, 0.29) is 36.0 Å². The van der Waals surface area contributed by atoms with Gasteiger partial charge in [0, 0.05) is 12.1 Å². The number of rotatable bonds is 4. The third-order valence-electron chi connectivity index (χ3n) is 4.68. The van der Waals surface area contributed by atoms with Gasteiger partial charge < -0.3 is 4.52 Å². The van der Waals surface area contributed by atoms with Crippen LogP contribution in [0.1, 0.15) is 18.7 Å². The molecule has 0 amide bonds. The summed E-state index contributed by atoms with van der Waals surface area (Å²) < 4.78 is 60.8. The second-order valence-electron chi connectivity index (χ2n) is 6.65. The summed E-state index contributed by atoms with van der Waals surface area (Å²) in [5.41, 5.74) is -1.44. The molecule has 1 fully saturated rings. The molecule has 3 aromatic rings. The molecule has 1 aliphatic heterocycles. The van der Waals surface area contributed by atoms with Crippen molar-refractivity contribution in [2.24, 2.45) is 0 Å². The van der Waals surface area contributed by atoms with E-state index >= 15 is 4.39 Å². The van der Waals surface area contributed by atoms with Crippen molar-refractivity contribution < 1.29 is 21.7 Å². The maximum atomic E-state index is 15.6. The lowest BCUT2D eigenvalue weighted by Gasteiger charge is -2.34. The molecule has 1 saturated heterocycles. The molecular weight excluding hydrogens is 388 g/mol. The Kier molecular flexibility index (Phi) is 4.72. The third kappa shape index (κ3) is 3.43. The van der Waals surface area contributed by atoms with Gasteiger partial charge in [0.15, 0.2) is 0 Å². The molecule has 4 rings (SSSR count). The van der Waals surface area contributed by atoms with Crippen LogP contribution >= 0.6 is 0 Å². The molecule has 0 radical (unpaired) electrons. The van der Waals surface area contributed by atoms with Crippen LogP contribution < -0.4 is 0 Å². The Morgan fingerprint density at radius 1 is 1.11 bits per heavy atom. The van der Waals surface area contributed by atoms with Gasteiger partial charge in [0.2, 0.25) is 21.5 Å². The molecule has 0 bridgehead atoms. The maximum Gasteiger partial charge on any atom is 0.266 e. The van der Waals surface area contributed by atoms with Crippen LogP contribution in [0.2, 0.25) is 0 Å².